The van der Waals surface area contributed by atoms with Gasteiger partial charge in [-0.05, 0) is 42.7 Å². The van der Waals surface area contributed by atoms with Crippen molar-refractivity contribution < 1.29 is 8.94 Å². The molecule has 2 atom stereocenters. The fraction of sp³-hybridized carbons (Fsp3) is 0.211. The molecule has 26 heavy (non-hydrogen) atoms. The molecule has 0 saturated heterocycles. The molecule has 3 aromatic rings. The Labute approximate surface area is 154 Å². The van der Waals surface area contributed by atoms with Gasteiger partial charge in [-0.2, -0.15) is 0 Å². The largest absolute Gasteiger partial charge is 0.611 e. The predicted molar refractivity (Wildman–Crippen MR) is 101 cm³/mol. The van der Waals surface area contributed by atoms with E-state index in [9.17, 15) is 8.94 Å². The van der Waals surface area contributed by atoms with Crippen LogP contribution in [0.4, 0.5) is 10.2 Å². The quantitative estimate of drug-likeness (QED) is 0.665. The highest BCUT2D eigenvalue weighted by Crippen LogP contribution is 2.22. The summed E-state index contributed by atoms with van der Waals surface area (Å²) in [5.41, 5.74) is 2.39. The van der Waals surface area contributed by atoms with Gasteiger partial charge in [0.05, 0.1) is 24.3 Å². The lowest BCUT2D eigenvalue weighted by Gasteiger charge is -2.15. The van der Waals surface area contributed by atoms with Crippen LogP contribution in [0.5, 0.6) is 0 Å². The summed E-state index contributed by atoms with van der Waals surface area (Å²) in [5.74, 6) is 0.901. The van der Waals surface area contributed by atoms with Crippen LogP contribution < -0.4 is 5.32 Å². The van der Waals surface area contributed by atoms with Crippen molar-refractivity contribution in [2.75, 3.05) is 11.1 Å². The number of halogens is 1. The Morgan fingerprint density at radius 2 is 1.88 bits per heavy atom. The van der Waals surface area contributed by atoms with E-state index in [0.717, 1.165) is 11.1 Å². The topological polar surface area (TPSA) is 73.8 Å². The van der Waals surface area contributed by atoms with Gasteiger partial charge in [0.1, 0.15) is 17.4 Å². The van der Waals surface area contributed by atoms with Crippen LogP contribution in [0.25, 0.3) is 11.3 Å². The molecule has 0 bridgehead atoms. The molecule has 0 aliphatic heterocycles. The van der Waals surface area contributed by atoms with E-state index in [-0.39, 0.29) is 11.9 Å². The number of benzene rings is 1. The van der Waals surface area contributed by atoms with Gasteiger partial charge in [-0.1, -0.05) is 12.1 Å². The Morgan fingerprint density at radius 1 is 1.12 bits per heavy atom. The SMILES string of the molecule is CC[S+]([O-])c1cncc(-c2cnc(N[C@H](C)c3ccc(F)cc3)cn2)c1. The van der Waals surface area contributed by atoms with E-state index in [1.54, 1.807) is 36.9 Å². The van der Waals surface area contributed by atoms with Crippen LogP contribution in [0, 0.1) is 5.82 Å². The molecule has 0 fully saturated rings. The van der Waals surface area contributed by atoms with Crippen molar-refractivity contribution in [2.24, 2.45) is 0 Å². The molecule has 1 unspecified atom stereocenters. The number of hydrogen-bond acceptors (Lipinski definition) is 5. The van der Waals surface area contributed by atoms with Crippen molar-refractivity contribution in [3.05, 3.63) is 66.5 Å². The van der Waals surface area contributed by atoms with E-state index in [2.05, 4.69) is 20.3 Å². The third-order valence-corrected chi connectivity index (χ3v) is 5.19. The van der Waals surface area contributed by atoms with Gasteiger partial charge in [-0.15, -0.1) is 0 Å². The minimum Gasteiger partial charge on any atom is -0.611 e. The third kappa shape index (κ3) is 4.36. The molecular weight excluding hydrogens is 351 g/mol. The fourth-order valence-corrected chi connectivity index (χ4v) is 3.23. The summed E-state index contributed by atoms with van der Waals surface area (Å²) in [6, 6.07) is 8.13. The first-order valence-corrected chi connectivity index (χ1v) is 9.56. The van der Waals surface area contributed by atoms with Crippen molar-refractivity contribution in [2.45, 2.75) is 24.8 Å². The number of nitrogens with one attached hydrogen (secondary N) is 1. The van der Waals surface area contributed by atoms with Crippen LogP contribution in [0.2, 0.25) is 0 Å². The lowest BCUT2D eigenvalue weighted by molar-refractivity contribution is 0.596. The third-order valence-electron chi connectivity index (χ3n) is 3.92. The normalized spacial score (nSPS) is 13.2. The van der Waals surface area contributed by atoms with Crippen molar-refractivity contribution >= 4 is 17.0 Å². The number of anilines is 1. The van der Waals surface area contributed by atoms with Crippen molar-refractivity contribution in [3.8, 4) is 11.3 Å². The van der Waals surface area contributed by atoms with Gasteiger partial charge in [0, 0.05) is 23.9 Å². The molecule has 2 aromatic heterocycles. The first-order valence-electron chi connectivity index (χ1n) is 8.24. The van der Waals surface area contributed by atoms with Crippen molar-refractivity contribution in [1.29, 1.82) is 0 Å². The molecule has 2 heterocycles. The predicted octanol–water partition coefficient (Wildman–Crippen LogP) is 3.98. The van der Waals surface area contributed by atoms with Crippen molar-refractivity contribution in [3.63, 3.8) is 0 Å². The van der Waals surface area contributed by atoms with Gasteiger partial charge in [-0.3, -0.25) is 9.97 Å². The molecule has 5 nitrogen and oxygen atoms in total. The average molecular weight is 370 g/mol. The fourth-order valence-electron chi connectivity index (χ4n) is 2.46. The first-order chi connectivity index (χ1) is 12.6. The molecule has 0 aliphatic carbocycles. The smallest absolute Gasteiger partial charge is 0.171 e. The van der Waals surface area contributed by atoms with E-state index in [4.69, 9.17) is 0 Å². The summed E-state index contributed by atoms with van der Waals surface area (Å²) in [6.07, 6.45) is 6.57. The van der Waals surface area contributed by atoms with Crippen LogP contribution in [0.1, 0.15) is 25.5 Å². The Balaban J connectivity index is 1.73. The number of aromatic nitrogens is 3. The van der Waals surface area contributed by atoms with E-state index >= 15 is 0 Å². The van der Waals surface area contributed by atoms with Gasteiger partial charge in [0.25, 0.3) is 0 Å². The summed E-state index contributed by atoms with van der Waals surface area (Å²) in [6.45, 7) is 3.83. The average Bonchev–Trinajstić information content (AvgIpc) is 2.68. The highest BCUT2D eigenvalue weighted by molar-refractivity contribution is 7.91. The summed E-state index contributed by atoms with van der Waals surface area (Å²) >= 11 is -1.06. The van der Waals surface area contributed by atoms with Gasteiger partial charge < -0.3 is 9.87 Å². The molecule has 3 rings (SSSR count). The molecule has 0 aliphatic rings. The zero-order chi connectivity index (χ0) is 18.5. The van der Waals surface area contributed by atoms with Gasteiger partial charge in [-0.25, -0.2) is 9.37 Å². The highest BCUT2D eigenvalue weighted by atomic mass is 32.2. The molecular formula is C19H19FN4OS. The summed E-state index contributed by atoms with van der Waals surface area (Å²) < 4.78 is 24.9. The van der Waals surface area contributed by atoms with Gasteiger partial charge in [0.2, 0.25) is 0 Å². The maximum Gasteiger partial charge on any atom is 0.171 e. The Kier molecular flexibility index (Phi) is 5.80. The zero-order valence-electron chi connectivity index (χ0n) is 14.5. The zero-order valence-corrected chi connectivity index (χ0v) is 15.3. The van der Waals surface area contributed by atoms with E-state index < -0.39 is 11.2 Å². The maximum atomic E-state index is 13.0. The highest BCUT2D eigenvalue weighted by Gasteiger charge is 2.12. The monoisotopic (exact) mass is 370 g/mol. The van der Waals surface area contributed by atoms with Crippen LogP contribution in [0.15, 0.2) is 60.0 Å². The summed E-state index contributed by atoms with van der Waals surface area (Å²) in [7, 11) is 0. The van der Waals surface area contributed by atoms with Crippen LogP contribution >= 0.6 is 0 Å². The molecule has 0 spiro atoms. The summed E-state index contributed by atoms with van der Waals surface area (Å²) in [4.78, 5) is 13.6. The number of rotatable bonds is 6. The minimum atomic E-state index is -1.06. The van der Waals surface area contributed by atoms with Crippen LogP contribution in [0.3, 0.4) is 0 Å². The van der Waals surface area contributed by atoms with E-state index in [1.807, 2.05) is 19.9 Å². The minimum absolute atomic E-state index is 0.0345. The molecule has 0 saturated carbocycles. The van der Waals surface area contributed by atoms with Crippen LogP contribution in [-0.4, -0.2) is 25.3 Å². The second kappa shape index (κ2) is 8.25. The number of pyridine rings is 1. The molecule has 0 radical (unpaired) electrons. The van der Waals surface area contributed by atoms with Gasteiger partial charge in [0.15, 0.2) is 4.90 Å². The Hall–Kier alpha value is -2.51. The molecule has 1 N–H and O–H groups in total. The summed E-state index contributed by atoms with van der Waals surface area (Å²) in [5, 5.41) is 3.23. The first kappa shape index (κ1) is 18.3. The van der Waals surface area contributed by atoms with Crippen molar-refractivity contribution in [1.82, 2.24) is 15.0 Å². The lowest BCUT2D eigenvalue weighted by atomic mass is 10.1. The Morgan fingerprint density at radius 3 is 2.54 bits per heavy atom. The van der Waals surface area contributed by atoms with E-state index in [0.29, 0.717) is 22.2 Å². The second-order valence-electron chi connectivity index (χ2n) is 5.75. The molecule has 134 valence electrons. The number of nitrogens with zero attached hydrogens (tertiary/aromatic N) is 3. The maximum absolute atomic E-state index is 13.0. The molecule has 0 amide bonds. The Bertz CT molecular complexity index is 858. The molecule has 1 aromatic carbocycles. The standard InChI is InChI=1S/C19H19FN4OS/c1-3-26(25)17-8-15(9-21-10-17)18-11-23-19(12-22-18)24-13(2)14-4-6-16(20)7-5-14/h4-13H,3H2,1-2H3,(H,23,24)/t13-,26?/m1/s1. The molecule has 7 heteroatoms. The lowest BCUT2D eigenvalue weighted by Crippen LogP contribution is -2.08. The van der Waals surface area contributed by atoms with E-state index in [1.165, 1.54) is 12.1 Å². The number of hydrogen-bond donors (Lipinski definition) is 1. The van der Waals surface area contributed by atoms with Crippen LogP contribution in [-0.2, 0) is 11.2 Å². The van der Waals surface area contributed by atoms with Gasteiger partial charge >= 0.3 is 0 Å². The second-order valence-corrected chi connectivity index (χ2v) is 7.49.